The van der Waals surface area contributed by atoms with Crippen molar-refractivity contribution in [3.63, 3.8) is 0 Å². The van der Waals surface area contributed by atoms with Gasteiger partial charge in [-0.1, -0.05) is 38.1 Å². The zero-order chi connectivity index (χ0) is 23.4. The zero-order valence-corrected chi connectivity index (χ0v) is 19.9. The lowest BCUT2D eigenvalue weighted by atomic mass is 10.0. The average Bonchev–Trinajstić information content (AvgIpc) is 2.82. The Morgan fingerprint density at radius 3 is 2.85 bits per heavy atom. The van der Waals surface area contributed by atoms with Crippen molar-refractivity contribution in [2.45, 2.75) is 26.5 Å². The predicted molar refractivity (Wildman–Crippen MR) is 131 cm³/mol. The predicted octanol–water partition coefficient (Wildman–Crippen LogP) is 3.66. The number of rotatable bonds is 7. The molecule has 1 saturated heterocycles. The number of fused-ring (bicyclic) bond motifs is 1. The minimum atomic E-state index is -0.195. The smallest absolute Gasteiger partial charge is 0.252 e. The highest BCUT2D eigenvalue weighted by atomic mass is 16.5. The largest absolute Gasteiger partial charge is 0.369 e. The monoisotopic (exact) mass is 447 g/mol. The molecule has 0 radical (unpaired) electrons. The number of nitrogens with one attached hydrogen (secondary N) is 1. The van der Waals surface area contributed by atoms with Crippen LogP contribution in [0.1, 0.15) is 41.6 Å². The molecule has 0 aliphatic carbocycles. The van der Waals surface area contributed by atoms with Crippen molar-refractivity contribution in [3.8, 4) is 0 Å². The minimum Gasteiger partial charge on any atom is -0.369 e. The number of hydrogen-bond acceptors (Lipinski definition) is 6. The molecule has 0 bridgehead atoms. The quantitative estimate of drug-likeness (QED) is 0.596. The SMILES string of the molecule is CC(C)CNC(=O)c1cc(C2CN(Cc3cccnc3N(C)C)CCO2)nc2ccccc12. The molecule has 1 fully saturated rings. The van der Waals surface area contributed by atoms with Gasteiger partial charge in [-0.2, -0.15) is 0 Å². The first-order valence-electron chi connectivity index (χ1n) is 11.6. The summed E-state index contributed by atoms with van der Waals surface area (Å²) in [6.45, 7) is 7.77. The number of hydrogen-bond donors (Lipinski definition) is 1. The van der Waals surface area contributed by atoms with Gasteiger partial charge in [-0.25, -0.2) is 9.97 Å². The van der Waals surface area contributed by atoms with E-state index in [1.54, 1.807) is 0 Å². The van der Waals surface area contributed by atoms with E-state index in [9.17, 15) is 4.79 Å². The van der Waals surface area contributed by atoms with Crippen LogP contribution in [0.5, 0.6) is 0 Å². The fraction of sp³-hybridized carbons (Fsp3) is 0.423. The maximum atomic E-state index is 13.0. The first-order chi connectivity index (χ1) is 15.9. The lowest BCUT2D eigenvalue weighted by molar-refractivity contribution is -0.0348. The van der Waals surface area contributed by atoms with Crippen molar-refractivity contribution >= 4 is 22.6 Å². The molecule has 7 nitrogen and oxygen atoms in total. The number of anilines is 1. The van der Waals surface area contributed by atoms with E-state index in [-0.39, 0.29) is 12.0 Å². The molecule has 1 N–H and O–H groups in total. The van der Waals surface area contributed by atoms with Gasteiger partial charge in [-0.15, -0.1) is 0 Å². The molecule has 1 atom stereocenters. The Morgan fingerprint density at radius 1 is 1.24 bits per heavy atom. The highest BCUT2D eigenvalue weighted by Gasteiger charge is 2.26. The Bertz CT molecular complexity index is 1110. The fourth-order valence-corrected chi connectivity index (χ4v) is 4.16. The second-order valence-corrected chi connectivity index (χ2v) is 9.19. The van der Waals surface area contributed by atoms with Gasteiger partial charge >= 0.3 is 0 Å². The van der Waals surface area contributed by atoms with Crippen LogP contribution >= 0.6 is 0 Å². The molecule has 1 unspecified atom stereocenters. The first kappa shape index (κ1) is 23.1. The van der Waals surface area contributed by atoms with E-state index in [4.69, 9.17) is 9.72 Å². The molecular weight excluding hydrogens is 414 g/mol. The number of benzene rings is 1. The number of morpholine rings is 1. The van der Waals surface area contributed by atoms with Crippen LogP contribution in [0.3, 0.4) is 0 Å². The molecule has 174 valence electrons. The Balaban J connectivity index is 1.59. The van der Waals surface area contributed by atoms with E-state index < -0.39 is 0 Å². The summed E-state index contributed by atoms with van der Waals surface area (Å²) < 4.78 is 6.13. The molecule has 2 aromatic heterocycles. The Kier molecular flexibility index (Phi) is 7.20. The van der Waals surface area contributed by atoms with Crippen molar-refractivity contribution in [2.24, 2.45) is 5.92 Å². The van der Waals surface area contributed by atoms with Crippen LogP contribution in [-0.2, 0) is 11.3 Å². The maximum absolute atomic E-state index is 13.0. The summed E-state index contributed by atoms with van der Waals surface area (Å²) in [5.41, 5.74) is 3.45. The van der Waals surface area contributed by atoms with Gasteiger partial charge in [0.15, 0.2) is 0 Å². The summed E-state index contributed by atoms with van der Waals surface area (Å²) in [4.78, 5) is 26.8. The van der Waals surface area contributed by atoms with Gasteiger partial charge in [0.1, 0.15) is 11.9 Å². The molecule has 1 aliphatic heterocycles. The molecule has 1 aliphatic rings. The lowest BCUT2D eigenvalue weighted by Crippen LogP contribution is -2.38. The third-order valence-electron chi connectivity index (χ3n) is 5.82. The number of carbonyl (C=O) groups excluding carboxylic acids is 1. The highest BCUT2D eigenvalue weighted by molar-refractivity contribution is 6.06. The molecular formula is C26H33N5O2. The lowest BCUT2D eigenvalue weighted by Gasteiger charge is -2.33. The standard InChI is InChI=1S/C26H33N5O2/c1-18(2)15-28-26(32)21-14-23(29-22-10-6-5-9-20(21)22)24-17-31(12-13-33-24)16-19-8-7-11-27-25(19)30(3)4/h5-11,14,18,24H,12-13,15-17H2,1-4H3,(H,28,32). The third kappa shape index (κ3) is 5.49. The molecule has 3 heterocycles. The summed E-state index contributed by atoms with van der Waals surface area (Å²) >= 11 is 0. The van der Waals surface area contributed by atoms with Crippen LogP contribution in [0.4, 0.5) is 5.82 Å². The number of nitrogens with zero attached hydrogens (tertiary/aromatic N) is 4. The van der Waals surface area contributed by atoms with E-state index in [1.165, 1.54) is 5.56 Å². The Hall–Kier alpha value is -3.03. The maximum Gasteiger partial charge on any atom is 0.252 e. The van der Waals surface area contributed by atoms with Gasteiger partial charge < -0.3 is 15.0 Å². The van der Waals surface area contributed by atoms with E-state index in [0.29, 0.717) is 31.2 Å². The zero-order valence-electron chi connectivity index (χ0n) is 19.9. The van der Waals surface area contributed by atoms with Crippen LogP contribution in [0, 0.1) is 5.92 Å². The van der Waals surface area contributed by atoms with Gasteiger partial charge in [0.2, 0.25) is 0 Å². The van der Waals surface area contributed by atoms with E-state index in [2.05, 4.69) is 35.1 Å². The number of ether oxygens (including phenoxy) is 1. The number of carbonyl (C=O) groups is 1. The molecule has 4 rings (SSSR count). The van der Waals surface area contributed by atoms with Gasteiger partial charge in [0.05, 0.1) is 23.4 Å². The molecule has 1 amide bonds. The van der Waals surface area contributed by atoms with Crippen molar-refractivity contribution in [2.75, 3.05) is 45.2 Å². The van der Waals surface area contributed by atoms with Crippen LogP contribution in [0.15, 0.2) is 48.7 Å². The number of aromatic nitrogens is 2. The van der Waals surface area contributed by atoms with Gasteiger partial charge in [0, 0.05) is 57.4 Å². The second kappa shape index (κ2) is 10.3. The molecule has 3 aromatic rings. The average molecular weight is 448 g/mol. The highest BCUT2D eigenvalue weighted by Crippen LogP contribution is 2.27. The molecule has 0 saturated carbocycles. The number of pyridine rings is 2. The van der Waals surface area contributed by atoms with Crippen LogP contribution in [-0.4, -0.2) is 61.1 Å². The van der Waals surface area contributed by atoms with Crippen molar-refractivity contribution in [1.82, 2.24) is 20.2 Å². The molecule has 7 heteroatoms. The van der Waals surface area contributed by atoms with Crippen LogP contribution in [0.25, 0.3) is 10.9 Å². The first-order valence-corrected chi connectivity index (χ1v) is 11.6. The van der Waals surface area contributed by atoms with Crippen molar-refractivity contribution in [1.29, 1.82) is 0 Å². The van der Waals surface area contributed by atoms with Gasteiger partial charge in [-0.3, -0.25) is 9.69 Å². The summed E-state index contributed by atoms with van der Waals surface area (Å²) in [6.07, 6.45) is 1.63. The van der Waals surface area contributed by atoms with Crippen LogP contribution < -0.4 is 10.2 Å². The topological polar surface area (TPSA) is 70.6 Å². The fourth-order valence-electron chi connectivity index (χ4n) is 4.16. The summed E-state index contributed by atoms with van der Waals surface area (Å²) in [5.74, 6) is 1.30. The van der Waals surface area contributed by atoms with E-state index in [1.807, 2.05) is 61.6 Å². The normalized spacial score (nSPS) is 16.8. The van der Waals surface area contributed by atoms with E-state index in [0.717, 1.165) is 35.5 Å². The summed E-state index contributed by atoms with van der Waals surface area (Å²) in [5, 5.41) is 3.91. The second-order valence-electron chi connectivity index (χ2n) is 9.19. The molecule has 33 heavy (non-hydrogen) atoms. The van der Waals surface area contributed by atoms with Crippen molar-refractivity contribution in [3.05, 3.63) is 65.5 Å². The molecule has 0 spiro atoms. The third-order valence-corrected chi connectivity index (χ3v) is 5.82. The van der Waals surface area contributed by atoms with Gasteiger partial charge in [-0.05, 0) is 24.1 Å². The Morgan fingerprint density at radius 2 is 2.06 bits per heavy atom. The number of para-hydroxylation sites is 1. The van der Waals surface area contributed by atoms with Crippen molar-refractivity contribution < 1.29 is 9.53 Å². The van der Waals surface area contributed by atoms with Crippen LogP contribution in [0.2, 0.25) is 0 Å². The Labute approximate surface area is 195 Å². The summed E-state index contributed by atoms with van der Waals surface area (Å²) in [7, 11) is 4.03. The summed E-state index contributed by atoms with van der Waals surface area (Å²) in [6, 6.07) is 13.8. The van der Waals surface area contributed by atoms with E-state index >= 15 is 0 Å². The number of amides is 1. The van der Waals surface area contributed by atoms with Gasteiger partial charge in [0.25, 0.3) is 5.91 Å². The minimum absolute atomic E-state index is 0.0674. The molecule has 1 aromatic carbocycles.